The average molecular weight is 277 g/mol. The van der Waals surface area contributed by atoms with Gasteiger partial charge in [0, 0.05) is 26.2 Å². The normalized spacial score (nSPS) is 18.6. The molecule has 20 heavy (non-hydrogen) atoms. The Morgan fingerprint density at radius 2 is 2.15 bits per heavy atom. The third-order valence-electron chi connectivity index (χ3n) is 3.91. The van der Waals surface area contributed by atoms with Gasteiger partial charge in [0.25, 0.3) is 5.91 Å². The van der Waals surface area contributed by atoms with Gasteiger partial charge >= 0.3 is 0 Å². The van der Waals surface area contributed by atoms with Crippen LogP contribution >= 0.6 is 0 Å². The molecule has 0 aromatic carbocycles. The maximum atomic E-state index is 12.4. The molecule has 1 aliphatic rings. The SMILES string of the molecule is CCN(CC)C1CCN(C(=O)c2cnc(NC)cn2)C1. The molecular formula is C14H23N5O. The quantitative estimate of drug-likeness (QED) is 0.872. The number of likely N-dealkylation sites (N-methyl/N-ethyl adjacent to an activating group) is 1. The second kappa shape index (κ2) is 6.65. The molecule has 1 saturated heterocycles. The van der Waals surface area contributed by atoms with Crippen molar-refractivity contribution < 1.29 is 4.79 Å². The van der Waals surface area contributed by atoms with Crippen molar-refractivity contribution in [3.05, 3.63) is 18.1 Å². The monoisotopic (exact) mass is 277 g/mol. The first-order chi connectivity index (χ1) is 9.69. The van der Waals surface area contributed by atoms with Crippen LogP contribution in [0.5, 0.6) is 0 Å². The molecule has 1 fully saturated rings. The van der Waals surface area contributed by atoms with Gasteiger partial charge in [-0.05, 0) is 19.5 Å². The van der Waals surface area contributed by atoms with E-state index in [2.05, 4.69) is 34.0 Å². The topological polar surface area (TPSA) is 61.4 Å². The van der Waals surface area contributed by atoms with E-state index in [0.29, 0.717) is 17.6 Å². The van der Waals surface area contributed by atoms with E-state index in [4.69, 9.17) is 0 Å². The van der Waals surface area contributed by atoms with Gasteiger partial charge in [0.2, 0.25) is 0 Å². The molecule has 0 radical (unpaired) electrons. The zero-order valence-electron chi connectivity index (χ0n) is 12.5. The first-order valence-corrected chi connectivity index (χ1v) is 7.22. The molecule has 1 atom stereocenters. The van der Waals surface area contributed by atoms with E-state index in [0.717, 1.165) is 32.6 Å². The van der Waals surface area contributed by atoms with Gasteiger partial charge < -0.3 is 10.2 Å². The van der Waals surface area contributed by atoms with Crippen LogP contribution in [0.15, 0.2) is 12.4 Å². The lowest BCUT2D eigenvalue weighted by Crippen LogP contribution is -2.38. The molecule has 6 nitrogen and oxygen atoms in total. The number of amides is 1. The van der Waals surface area contributed by atoms with Crippen molar-refractivity contribution in [2.75, 3.05) is 38.5 Å². The molecule has 110 valence electrons. The predicted molar refractivity (Wildman–Crippen MR) is 78.8 cm³/mol. The zero-order chi connectivity index (χ0) is 14.5. The summed E-state index contributed by atoms with van der Waals surface area (Å²) in [5, 5.41) is 2.89. The lowest BCUT2D eigenvalue weighted by Gasteiger charge is -2.26. The first kappa shape index (κ1) is 14.7. The van der Waals surface area contributed by atoms with E-state index < -0.39 is 0 Å². The number of carbonyl (C=O) groups excluding carboxylic acids is 1. The van der Waals surface area contributed by atoms with Gasteiger partial charge in [-0.2, -0.15) is 0 Å². The zero-order valence-corrected chi connectivity index (χ0v) is 12.5. The van der Waals surface area contributed by atoms with Gasteiger partial charge in [-0.1, -0.05) is 13.8 Å². The minimum absolute atomic E-state index is 0.0187. The molecule has 1 aromatic rings. The number of likely N-dealkylation sites (tertiary alicyclic amines) is 1. The molecule has 1 N–H and O–H groups in total. The third kappa shape index (κ3) is 3.07. The Kier molecular flexibility index (Phi) is 4.89. The Hall–Kier alpha value is -1.69. The number of aromatic nitrogens is 2. The van der Waals surface area contributed by atoms with Crippen LogP contribution in [-0.4, -0.2) is 64.9 Å². The molecule has 2 rings (SSSR count). The Balaban J connectivity index is 2.00. The fourth-order valence-electron chi connectivity index (χ4n) is 2.69. The molecule has 1 amide bonds. The Bertz CT molecular complexity index is 443. The summed E-state index contributed by atoms with van der Waals surface area (Å²) in [7, 11) is 1.78. The van der Waals surface area contributed by atoms with Crippen LogP contribution in [0.3, 0.4) is 0 Å². The van der Waals surface area contributed by atoms with Gasteiger partial charge in [0.15, 0.2) is 0 Å². The summed E-state index contributed by atoms with van der Waals surface area (Å²) in [6.07, 6.45) is 4.17. The molecule has 1 aromatic heterocycles. The van der Waals surface area contributed by atoms with Crippen molar-refractivity contribution in [1.82, 2.24) is 19.8 Å². The molecule has 0 aliphatic carbocycles. The second-order valence-corrected chi connectivity index (χ2v) is 4.95. The molecule has 0 saturated carbocycles. The Morgan fingerprint density at radius 3 is 2.70 bits per heavy atom. The minimum atomic E-state index is -0.0187. The fraction of sp³-hybridized carbons (Fsp3) is 0.643. The van der Waals surface area contributed by atoms with Crippen molar-refractivity contribution in [2.45, 2.75) is 26.3 Å². The van der Waals surface area contributed by atoms with Crippen molar-refractivity contribution in [3.8, 4) is 0 Å². The number of anilines is 1. The van der Waals surface area contributed by atoms with E-state index >= 15 is 0 Å². The molecule has 1 unspecified atom stereocenters. The fourth-order valence-corrected chi connectivity index (χ4v) is 2.69. The van der Waals surface area contributed by atoms with Crippen LogP contribution in [0.25, 0.3) is 0 Å². The summed E-state index contributed by atoms with van der Waals surface area (Å²) in [4.78, 5) is 25.0. The van der Waals surface area contributed by atoms with Crippen LogP contribution in [-0.2, 0) is 0 Å². The van der Waals surface area contributed by atoms with Crippen molar-refractivity contribution in [3.63, 3.8) is 0 Å². The summed E-state index contributed by atoms with van der Waals surface area (Å²) in [5.41, 5.74) is 0.421. The standard InChI is InChI=1S/C14H23N5O/c1-4-18(5-2)11-6-7-19(10-11)14(20)12-8-17-13(15-3)9-16-12/h8-9,11H,4-7,10H2,1-3H3,(H,15,17). The highest BCUT2D eigenvalue weighted by molar-refractivity contribution is 5.92. The maximum Gasteiger partial charge on any atom is 0.274 e. The van der Waals surface area contributed by atoms with E-state index in [9.17, 15) is 4.79 Å². The van der Waals surface area contributed by atoms with Crippen LogP contribution in [0, 0.1) is 0 Å². The molecule has 1 aliphatic heterocycles. The van der Waals surface area contributed by atoms with Gasteiger partial charge in [-0.25, -0.2) is 9.97 Å². The highest BCUT2D eigenvalue weighted by Crippen LogP contribution is 2.17. The number of nitrogens with one attached hydrogen (secondary N) is 1. The largest absolute Gasteiger partial charge is 0.372 e. The molecule has 0 spiro atoms. The summed E-state index contributed by atoms with van der Waals surface area (Å²) in [5.74, 6) is 0.652. The minimum Gasteiger partial charge on any atom is -0.372 e. The van der Waals surface area contributed by atoms with Crippen LogP contribution in [0.1, 0.15) is 30.8 Å². The number of hydrogen-bond donors (Lipinski definition) is 1. The Morgan fingerprint density at radius 1 is 1.40 bits per heavy atom. The molecular weight excluding hydrogens is 254 g/mol. The molecule has 0 bridgehead atoms. The number of carbonyl (C=O) groups is 1. The second-order valence-electron chi connectivity index (χ2n) is 4.95. The van der Waals surface area contributed by atoms with Crippen LogP contribution in [0.4, 0.5) is 5.82 Å². The number of hydrogen-bond acceptors (Lipinski definition) is 5. The Labute approximate surface area is 120 Å². The lowest BCUT2D eigenvalue weighted by molar-refractivity contribution is 0.0772. The summed E-state index contributed by atoms with van der Waals surface area (Å²) < 4.78 is 0. The van der Waals surface area contributed by atoms with E-state index in [1.807, 2.05) is 4.90 Å². The van der Waals surface area contributed by atoms with Crippen molar-refractivity contribution in [2.24, 2.45) is 0 Å². The van der Waals surface area contributed by atoms with Gasteiger partial charge in [-0.3, -0.25) is 9.69 Å². The lowest BCUT2D eigenvalue weighted by atomic mass is 10.2. The highest BCUT2D eigenvalue weighted by Gasteiger charge is 2.30. The summed E-state index contributed by atoms with van der Waals surface area (Å²) in [6.45, 7) is 7.97. The van der Waals surface area contributed by atoms with E-state index in [-0.39, 0.29) is 5.91 Å². The average Bonchev–Trinajstić information content (AvgIpc) is 2.97. The van der Waals surface area contributed by atoms with Crippen LogP contribution in [0.2, 0.25) is 0 Å². The smallest absolute Gasteiger partial charge is 0.274 e. The molecule has 2 heterocycles. The van der Waals surface area contributed by atoms with Crippen LogP contribution < -0.4 is 5.32 Å². The third-order valence-corrected chi connectivity index (χ3v) is 3.91. The predicted octanol–water partition coefficient (Wildman–Crippen LogP) is 1.07. The van der Waals surface area contributed by atoms with Gasteiger partial charge in [0.1, 0.15) is 11.5 Å². The van der Waals surface area contributed by atoms with Gasteiger partial charge in [-0.15, -0.1) is 0 Å². The number of rotatable bonds is 5. The maximum absolute atomic E-state index is 12.4. The van der Waals surface area contributed by atoms with E-state index in [1.165, 1.54) is 0 Å². The molecule has 6 heteroatoms. The highest BCUT2D eigenvalue weighted by atomic mass is 16.2. The van der Waals surface area contributed by atoms with Gasteiger partial charge in [0.05, 0.1) is 12.4 Å². The van der Waals surface area contributed by atoms with E-state index in [1.54, 1.807) is 19.4 Å². The van der Waals surface area contributed by atoms with Crippen molar-refractivity contribution >= 4 is 11.7 Å². The summed E-state index contributed by atoms with van der Waals surface area (Å²) >= 11 is 0. The van der Waals surface area contributed by atoms with Crippen molar-refractivity contribution in [1.29, 1.82) is 0 Å². The first-order valence-electron chi connectivity index (χ1n) is 7.22. The summed E-state index contributed by atoms with van der Waals surface area (Å²) in [6, 6.07) is 0.471. The number of nitrogens with zero attached hydrogens (tertiary/aromatic N) is 4.